The van der Waals surface area contributed by atoms with Crippen molar-refractivity contribution in [1.29, 1.82) is 0 Å². The van der Waals surface area contributed by atoms with Crippen LogP contribution in [0.15, 0.2) is 29.8 Å². The summed E-state index contributed by atoms with van der Waals surface area (Å²) in [6.45, 7) is 5.79. The molecule has 1 nitrogen and oxygen atoms in total. The van der Waals surface area contributed by atoms with E-state index in [4.69, 9.17) is 11.6 Å². The molecule has 1 N–H and O–H groups in total. The van der Waals surface area contributed by atoms with Gasteiger partial charge in [0.05, 0.1) is 0 Å². The van der Waals surface area contributed by atoms with Crippen LogP contribution < -0.4 is 5.32 Å². The van der Waals surface area contributed by atoms with Gasteiger partial charge in [-0.1, -0.05) is 43.2 Å². The molecular formula is C19H26ClN. The average Bonchev–Trinajstić information content (AvgIpc) is 2.71. The van der Waals surface area contributed by atoms with Crippen molar-refractivity contribution in [3.05, 3.63) is 46.0 Å². The molecule has 1 atom stereocenters. The summed E-state index contributed by atoms with van der Waals surface area (Å²) in [6.07, 6.45) is 10.1. The Balaban J connectivity index is 1.66. The number of rotatable bonds is 4. The van der Waals surface area contributed by atoms with Gasteiger partial charge in [0.1, 0.15) is 0 Å². The van der Waals surface area contributed by atoms with Crippen LogP contribution in [0.1, 0.15) is 63.1 Å². The normalized spacial score (nSPS) is 23.8. The van der Waals surface area contributed by atoms with Gasteiger partial charge in [0, 0.05) is 11.1 Å². The molecule has 114 valence electrons. The van der Waals surface area contributed by atoms with Crippen LogP contribution in [0.25, 0.3) is 0 Å². The van der Waals surface area contributed by atoms with Crippen molar-refractivity contribution in [2.24, 2.45) is 5.41 Å². The second-order valence-corrected chi connectivity index (χ2v) is 7.69. The molecule has 0 spiro atoms. The molecule has 0 saturated carbocycles. The molecule has 0 aromatic heterocycles. The van der Waals surface area contributed by atoms with E-state index in [0.717, 1.165) is 18.0 Å². The molecule has 1 unspecified atom stereocenters. The molecule has 2 aliphatic carbocycles. The third-order valence-electron chi connectivity index (χ3n) is 5.03. The van der Waals surface area contributed by atoms with E-state index < -0.39 is 0 Å². The molecular weight excluding hydrogens is 278 g/mol. The van der Waals surface area contributed by atoms with Crippen molar-refractivity contribution in [3.63, 3.8) is 0 Å². The Bertz CT molecular complexity index is 544. The van der Waals surface area contributed by atoms with Crippen LogP contribution in [0.2, 0.25) is 5.02 Å². The van der Waals surface area contributed by atoms with Gasteiger partial charge in [-0.3, -0.25) is 0 Å². The predicted octanol–water partition coefficient (Wildman–Crippen LogP) is 5.44. The molecule has 0 aliphatic heterocycles. The van der Waals surface area contributed by atoms with Gasteiger partial charge in [0.2, 0.25) is 0 Å². The predicted molar refractivity (Wildman–Crippen MR) is 90.8 cm³/mol. The lowest BCUT2D eigenvalue weighted by Crippen LogP contribution is -2.32. The van der Waals surface area contributed by atoms with Gasteiger partial charge in [0.25, 0.3) is 0 Å². The van der Waals surface area contributed by atoms with E-state index in [1.54, 1.807) is 5.57 Å². The summed E-state index contributed by atoms with van der Waals surface area (Å²) in [5.41, 5.74) is 4.79. The highest BCUT2D eigenvalue weighted by atomic mass is 35.5. The summed E-state index contributed by atoms with van der Waals surface area (Å²) in [6, 6.07) is 6.80. The highest BCUT2D eigenvalue weighted by molar-refractivity contribution is 6.30. The zero-order valence-electron chi connectivity index (χ0n) is 13.2. The Kier molecular flexibility index (Phi) is 4.42. The summed E-state index contributed by atoms with van der Waals surface area (Å²) in [5.74, 6) is 0. The molecule has 1 aromatic carbocycles. The standard InChI is InChI=1S/C19H26ClN/c1-19(2)13-15-8-9-16(20)12-17(15)18(19)21-11-10-14-6-4-3-5-7-14/h6,8-9,12,18,21H,3-5,7,10-11,13H2,1-2H3. The number of hydrogen-bond acceptors (Lipinski definition) is 1. The Morgan fingerprint density at radius 2 is 2.14 bits per heavy atom. The van der Waals surface area contributed by atoms with Gasteiger partial charge in [-0.15, -0.1) is 0 Å². The van der Waals surface area contributed by atoms with E-state index in [0.29, 0.717) is 6.04 Å². The lowest BCUT2D eigenvalue weighted by Gasteiger charge is -2.29. The zero-order valence-corrected chi connectivity index (χ0v) is 14.0. The van der Waals surface area contributed by atoms with Crippen molar-refractivity contribution in [3.8, 4) is 0 Å². The van der Waals surface area contributed by atoms with Crippen LogP contribution in [0.5, 0.6) is 0 Å². The smallest absolute Gasteiger partial charge is 0.0409 e. The SMILES string of the molecule is CC1(C)Cc2ccc(Cl)cc2C1NCCC1=CCCCC1. The Morgan fingerprint density at radius 1 is 1.29 bits per heavy atom. The maximum absolute atomic E-state index is 6.20. The first-order valence-electron chi connectivity index (χ1n) is 8.26. The Morgan fingerprint density at radius 3 is 2.90 bits per heavy atom. The highest BCUT2D eigenvalue weighted by Gasteiger charge is 2.38. The minimum Gasteiger partial charge on any atom is -0.309 e. The zero-order chi connectivity index (χ0) is 14.9. The maximum Gasteiger partial charge on any atom is 0.0409 e. The molecule has 2 heteroatoms. The molecule has 1 aromatic rings. The summed E-state index contributed by atoms with van der Waals surface area (Å²) in [5, 5.41) is 4.66. The third-order valence-corrected chi connectivity index (χ3v) is 5.26. The molecule has 0 radical (unpaired) electrons. The van der Waals surface area contributed by atoms with Gasteiger partial charge in [-0.05, 0) is 73.7 Å². The molecule has 0 heterocycles. The van der Waals surface area contributed by atoms with Crippen molar-refractivity contribution in [2.45, 2.75) is 58.4 Å². The minimum atomic E-state index is 0.272. The fourth-order valence-corrected chi connectivity index (χ4v) is 4.08. The fourth-order valence-electron chi connectivity index (χ4n) is 3.90. The fraction of sp³-hybridized carbons (Fsp3) is 0.579. The van der Waals surface area contributed by atoms with E-state index in [2.05, 4.69) is 37.4 Å². The summed E-state index contributed by atoms with van der Waals surface area (Å²) < 4.78 is 0. The molecule has 0 saturated heterocycles. The van der Waals surface area contributed by atoms with Gasteiger partial charge < -0.3 is 5.32 Å². The number of fused-ring (bicyclic) bond motifs is 1. The molecule has 0 fully saturated rings. The molecule has 3 rings (SSSR count). The van der Waals surface area contributed by atoms with Crippen LogP contribution in [0.3, 0.4) is 0 Å². The summed E-state index contributed by atoms with van der Waals surface area (Å²) >= 11 is 6.20. The van der Waals surface area contributed by atoms with Crippen molar-refractivity contribution in [1.82, 2.24) is 5.32 Å². The molecule has 21 heavy (non-hydrogen) atoms. The third kappa shape index (κ3) is 3.35. The van der Waals surface area contributed by atoms with Crippen molar-refractivity contribution < 1.29 is 0 Å². The first-order valence-corrected chi connectivity index (χ1v) is 8.64. The summed E-state index contributed by atoms with van der Waals surface area (Å²) in [4.78, 5) is 0. The van der Waals surface area contributed by atoms with Crippen LogP contribution in [0.4, 0.5) is 0 Å². The van der Waals surface area contributed by atoms with E-state index in [-0.39, 0.29) is 5.41 Å². The Hall–Kier alpha value is -0.790. The highest BCUT2D eigenvalue weighted by Crippen LogP contribution is 2.45. The topological polar surface area (TPSA) is 12.0 Å². The monoisotopic (exact) mass is 303 g/mol. The molecule has 0 amide bonds. The first kappa shape index (κ1) is 15.1. The van der Waals surface area contributed by atoms with Crippen LogP contribution in [0, 0.1) is 5.41 Å². The van der Waals surface area contributed by atoms with Crippen LogP contribution in [-0.2, 0) is 6.42 Å². The number of benzene rings is 1. The minimum absolute atomic E-state index is 0.272. The number of hydrogen-bond donors (Lipinski definition) is 1. The Labute approximate surface area is 133 Å². The molecule has 0 bridgehead atoms. The van der Waals surface area contributed by atoms with E-state index in [1.165, 1.54) is 43.2 Å². The van der Waals surface area contributed by atoms with E-state index in [1.807, 2.05) is 6.07 Å². The number of halogens is 1. The molecule has 2 aliphatic rings. The lowest BCUT2D eigenvalue weighted by atomic mass is 9.85. The lowest BCUT2D eigenvalue weighted by molar-refractivity contribution is 0.270. The van der Waals surface area contributed by atoms with Crippen molar-refractivity contribution in [2.75, 3.05) is 6.54 Å². The van der Waals surface area contributed by atoms with E-state index in [9.17, 15) is 0 Å². The van der Waals surface area contributed by atoms with Crippen molar-refractivity contribution >= 4 is 11.6 Å². The average molecular weight is 304 g/mol. The second kappa shape index (κ2) is 6.14. The van der Waals surface area contributed by atoms with Gasteiger partial charge in [-0.2, -0.15) is 0 Å². The summed E-state index contributed by atoms with van der Waals surface area (Å²) in [7, 11) is 0. The quantitative estimate of drug-likeness (QED) is 0.730. The van der Waals surface area contributed by atoms with Gasteiger partial charge >= 0.3 is 0 Å². The first-order chi connectivity index (χ1) is 10.1. The maximum atomic E-state index is 6.20. The van der Waals surface area contributed by atoms with Gasteiger partial charge in [-0.25, -0.2) is 0 Å². The second-order valence-electron chi connectivity index (χ2n) is 7.25. The van der Waals surface area contributed by atoms with Crippen LogP contribution >= 0.6 is 11.6 Å². The number of allylic oxidation sites excluding steroid dienone is 1. The van der Waals surface area contributed by atoms with Crippen LogP contribution in [-0.4, -0.2) is 6.54 Å². The number of nitrogens with one attached hydrogen (secondary N) is 1. The van der Waals surface area contributed by atoms with E-state index >= 15 is 0 Å². The van der Waals surface area contributed by atoms with Gasteiger partial charge in [0.15, 0.2) is 0 Å². The largest absolute Gasteiger partial charge is 0.309 e.